The van der Waals surface area contributed by atoms with Gasteiger partial charge in [0.1, 0.15) is 0 Å². The molecule has 5 heteroatoms. The minimum absolute atomic E-state index is 0.0235. The Labute approximate surface area is 118 Å². The molecule has 1 N–H and O–H groups in total. The minimum Gasteiger partial charge on any atom is -0.356 e. The van der Waals surface area contributed by atoms with Gasteiger partial charge >= 0.3 is 0 Å². The van der Waals surface area contributed by atoms with E-state index >= 15 is 0 Å². The average molecular weight is 273 g/mol. The third kappa shape index (κ3) is 1.88. The van der Waals surface area contributed by atoms with Gasteiger partial charge in [-0.25, -0.2) is 0 Å². The third-order valence-corrected chi connectivity index (χ3v) is 4.63. The van der Waals surface area contributed by atoms with Gasteiger partial charge in [-0.2, -0.15) is 0 Å². The molecule has 2 atom stereocenters. The molecule has 0 saturated carbocycles. The lowest BCUT2D eigenvalue weighted by Gasteiger charge is -2.23. The van der Waals surface area contributed by atoms with Crippen LogP contribution in [0, 0.1) is 18.3 Å². The predicted molar refractivity (Wildman–Crippen MR) is 74.1 cm³/mol. The average Bonchev–Trinajstić information content (AvgIpc) is 2.95. The van der Waals surface area contributed by atoms with Crippen molar-refractivity contribution in [2.24, 2.45) is 11.3 Å². The molecule has 0 aliphatic carbocycles. The Hall–Kier alpha value is -1.91. The van der Waals surface area contributed by atoms with Crippen molar-refractivity contribution in [2.45, 2.75) is 20.3 Å². The molecule has 1 aromatic rings. The standard InChI is InChI=1S/C15H19N3O2/c1-10-5-12(7-16-6-10)13(19)18-8-11(2)15(9-18)3-4-17-14(15)20/h5-7,11H,3-4,8-9H2,1-2H3,(H,17,20)/t11-,15-/m0/s1. The number of aryl methyl sites for hydroxylation is 1. The van der Waals surface area contributed by atoms with E-state index in [0.29, 0.717) is 18.7 Å². The van der Waals surface area contributed by atoms with Crippen molar-refractivity contribution in [2.75, 3.05) is 19.6 Å². The zero-order valence-corrected chi connectivity index (χ0v) is 11.8. The molecular weight excluding hydrogens is 254 g/mol. The first-order valence-corrected chi connectivity index (χ1v) is 7.02. The smallest absolute Gasteiger partial charge is 0.255 e. The summed E-state index contributed by atoms with van der Waals surface area (Å²) in [6.45, 7) is 5.86. The molecule has 3 rings (SSSR count). The van der Waals surface area contributed by atoms with E-state index < -0.39 is 0 Å². The second kappa shape index (κ2) is 4.58. The first-order chi connectivity index (χ1) is 9.53. The van der Waals surface area contributed by atoms with Crippen LogP contribution in [-0.4, -0.2) is 41.3 Å². The highest BCUT2D eigenvalue weighted by Gasteiger charge is 2.53. The van der Waals surface area contributed by atoms with Crippen LogP contribution in [0.2, 0.25) is 0 Å². The number of pyridine rings is 1. The van der Waals surface area contributed by atoms with Crippen LogP contribution in [0.25, 0.3) is 0 Å². The van der Waals surface area contributed by atoms with Crippen molar-refractivity contribution in [3.05, 3.63) is 29.6 Å². The van der Waals surface area contributed by atoms with Crippen LogP contribution < -0.4 is 5.32 Å². The normalized spacial score (nSPS) is 29.0. The highest BCUT2D eigenvalue weighted by atomic mass is 16.2. The van der Waals surface area contributed by atoms with Gasteiger partial charge in [0.25, 0.3) is 5.91 Å². The van der Waals surface area contributed by atoms with Crippen molar-refractivity contribution in [3.8, 4) is 0 Å². The lowest BCUT2D eigenvalue weighted by molar-refractivity contribution is -0.128. The molecule has 106 valence electrons. The van der Waals surface area contributed by atoms with E-state index in [0.717, 1.165) is 18.5 Å². The predicted octanol–water partition coefficient (Wildman–Crippen LogP) is 0.988. The highest BCUT2D eigenvalue weighted by molar-refractivity contribution is 5.95. The van der Waals surface area contributed by atoms with Gasteiger partial charge in [0, 0.05) is 32.0 Å². The number of hydrogen-bond donors (Lipinski definition) is 1. The van der Waals surface area contributed by atoms with Crippen LogP contribution >= 0.6 is 0 Å². The van der Waals surface area contributed by atoms with Gasteiger partial charge in [-0.1, -0.05) is 6.92 Å². The quantitative estimate of drug-likeness (QED) is 0.830. The van der Waals surface area contributed by atoms with E-state index in [2.05, 4.69) is 17.2 Å². The molecule has 1 spiro atoms. The van der Waals surface area contributed by atoms with Gasteiger partial charge in [-0.15, -0.1) is 0 Å². The number of amides is 2. The number of carbonyl (C=O) groups excluding carboxylic acids is 2. The fourth-order valence-corrected chi connectivity index (χ4v) is 3.39. The van der Waals surface area contributed by atoms with Crippen LogP contribution in [-0.2, 0) is 4.79 Å². The van der Waals surface area contributed by atoms with Crippen LogP contribution in [0.4, 0.5) is 0 Å². The van der Waals surface area contributed by atoms with E-state index in [4.69, 9.17) is 0 Å². The Morgan fingerprint density at radius 2 is 2.30 bits per heavy atom. The molecule has 0 aromatic carbocycles. The van der Waals surface area contributed by atoms with Gasteiger partial charge in [-0.3, -0.25) is 14.6 Å². The van der Waals surface area contributed by atoms with Gasteiger partial charge in [0.15, 0.2) is 0 Å². The molecule has 2 aliphatic heterocycles. The third-order valence-electron chi connectivity index (χ3n) is 4.63. The second-order valence-corrected chi connectivity index (χ2v) is 6.00. The zero-order chi connectivity index (χ0) is 14.3. The fraction of sp³-hybridized carbons (Fsp3) is 0.533. The van der Waals surface area contributed by atoms with Gasteiger partial charge in [0.05, 0.1) is 11.0 Å². The van der Waals surface area contributed by atoms with Gasteiger partial charge in [-0.05, 0) is 30.9 Å². The van der Waals surface area contributed by atoms with Crippen molar-refractivity contribution in [1.29, 1.82) is 0 Å². The first kappa shape index (κ1) is 13.1. The largest absolute Gasteiger partial charge is 0.356 e. The van der Waals surface area contributed by atoms with E-state index in [1.54, 1.807) is 17.3 Å². The minimum atomic E-state index is -0.382. The Morgan fingerprint density at radius 3 is 2.95 bits per heavy atom. The molecule has 0 bridgehead atoms. The summed E-state index contributed by atoms with van der Waals surface area (Å²) in [6, 6.07) is 1.85. The lowest BCUT2D eigenvalue weighted by Crippen LogP contribution is -2.38. The van der Waals surface area contributed by atoms with Crippen molar-refractivity contribution >= 4 is 11.8 Å². The zero-order valence-electron chi connectivity index (χ0n) is 11.8. The van der Waals surface area contributed by atoms with Crippen molar-refractivity contribution in [1.82, 2.24) is 15.2 Å². The lowest BCUT2D eigenvalue weighted by atomic mass is 9.78. The molecule has 20 heavy (non-hydrogen) atoms. The fourth-order valence-electron chi connectivity index (χ4n) is 3.39. The first-order valence-electron chi connectivity index (χ1n) is 7.02. The summed E-state index contributed by atoms with van der Waals surface area (Å²) in [5, 5.41) is 2.90. The summed E-state index contributed by atoms with van der Waals surface area (Å²) in [6.07, 6.45) is 4.15. The van der Waals surface area contributed by atoms with E-state index in [-0.39, 0.29) is 23.1 Å². The van der Waals surface area contributed by atoms with E-state index in [1.165, 1.54) is 0 Å². The number of rotatable bonds is 1. The van der Waals surface area contributed by atoms with Gasteiger partial charge in [0.2, 0.25) is 5.91 Å². The topological polar surface area (TPSA) is 62.3 Å². The number of nitrogens with zero attached hydrogens (tertiary/aromatic N) is 2. The molecule has 0 unspecified atom stereocenters. The van der Waals surface area contributed by atoms with E-state index in [9.17, 15) is 9.59 Å². The van der Waals surface area contributed by atoms with Crippen LogP contribution in [0.3, 0.4) is 0 Å². The number of aromatic nitrogens is 1. The van der Waals surface area contributed by atoms with Crippen LogP contribution in [0.15, 0.2) is 18.5 Å². The highest BCUT2D eigenvalue weighted by Crippen LogP contribution is 2.42. The summed E-state index contributed by atoms with van der Waals surface area (Å²) in [4.78, 5) is 30.5. The molecule has 5 nitrogen and oxygen atoms in total. The maximum absolute atomic E-state index is 12.5. The molecular formula is C15H19N3O2. The molecule has 0 radical (unpaired) electrons. The number of carbonyl (C=O) groups is 2. The molecule has 3 heterocycles. The van der Waals surface area contributed by atoms with Crippen LogP contribution in [0.1, 0.15) is 29.3 Å². The summed E-state index contributed by atoms with van der Waals surface area (Å²) in [5.74, 6) is 0.277. The number of likely N-dealkylation sites (tertiary alicyclic amines) is 1. The maximum Gasteiger partial charge on any atom is 0.255 e. The Balaban J connectivity index is 1.83. The number of hydrogen-bond acceptors (Lipinski definition) is 3. The Kier molecular flexibility index (Phi) is 3.00. The Bertz CT molecular complexity index is 572. The summed E-state index contributed by atoms with van der Waals surface area (Å²) >= 11 is 0. The summed E-state index contributed by atoms with van der Waals surface area (Å²) < 4.78 is 0. The van der Waals surface area contributed by atoms with Crippen molar-refractivity contribution < 1.29 is 9.59 Å². The monoisotopic (exact) mass is 273 g/mol. The summed E-state index contributed by atoms with van der Waals surface area (Å²) in [5.41, 5.74) is 1.19. The number of nitrogens with one attached hydrogen (secondary N) is 1. The summed E-state index contributed by atoms with van der Waals surface area (Å²) in [7, 11) is 0. The molecule has 2 amide bonds. The van der Waals surface area contributed by atoms with Crippen LogP contribution in [0.5, 0.6) is 0 Å². The molecule has 2 aliphatic rings. The van der Waals surface area contributed by atoms with Crippen molar-refractivity contribution in [3.63, 3.8) is 0 Å². The molecule has 2 saturated heterocycles. The Morgan fingerprint density at radius 1 is 1.50 bits per heavy atom. The second-order valence-electron chi connectivity index (χ2n) is 6.00. The molecule has 1 aromatic heterocycles. The van der Waals surface area contributed by atoms with Gasteiger partial charge < -0.3 is 10.2 Å². The van der Waals surface area contributed by atoms with E-state index in [1.807, 2.05) is 13.0 Å². The maximum atomic E-state index is 12.5. The SMILES string of the molecule is Cc1cncc(C(=O)N2C[C@H](C)[C@]3(CCNC3=O)C2)c1. The molecule has 2 fully saturated rings.